The van der Waals surface area contributed by atoms with Gasteiger partial charge in [0.15, 0.2) is 0 Å². The highest BCUT2D eigenvalue weighted by Crippen LogP contribution is 2.16. The standard InChI is InChI=1S/C24H26N2O2/c1-19-9-11-22(12-10-19)26-24(27)18-25-21-13-15-23(16-14-21)28-17-5-8-20-6-3-2-4-7-20/h2-4,6-7,9-16,25H,5,8,17-18H2,1H3,(H,26,27). The molecule has 4 heteroatoms. The molecule has 0 saturated carbocycles. The maximum atomic E-state index is 12.0. The second kappa shape index (κ2) is 10.2. The average Bonchev–Trinajstić information content (AvgIpc) is 2.73. The number of carbonyl (C=O) groups is 1. The molecule has 0 spiro atoms. The van der Waals surface area contributed by atoms with Crippen LogP contribution in [0.2, 0.25) is 0 Å². The van der Waals surface area contributed by atoms with Crippen LogP contribution < -0.4 is 15.4 Å². The van der Waals surface area contributed by atoms with E-state index < -0.39 is 0 Å². The number of nitrogens with one attached hydrogen (secondary N) is 2. The van der Waals surface area contributed by atoms with Crippen molar-refractivity contribution in [3.8, 4) is 5.75 Å². The van der Waals surface area contributed by atoms with Gasteiger partial charge in [0, 0.05) is 11.4 Å². The largest absolute Gasteiger partial charge is 0.494 e. The molecule has 28 heavy (non-hydrogen) atoms. The summed E-state index contributed by atoms with van der Waals surface area (Å²) in [6, 6.07) is 25.8. The number of carbonyl (C=O) groups excluding carboxylic acids is 1. The monoisotopic (exact) mass is 374 g/mol. The highest BCUT2D eigenvalue weighted by molar-refractivity contribution is 5.93. The van der Waals surface area contributed by atoms with Crippen molar-refractivity contribution in [2.75, 3.05) is 23.8 Å². The van der Waals surface area contributed by atoms with Crippen LogP contribution in [0, 0.1) is 6.92 Å². The Labute approximate surface area is 166 Å². The summed E-state index contributed by atoms with van der Waals surface area (Å²) in [5.41, 5.74) is 4.18. The minimum absolute atomic E-state index is 0.0786. The van der Waals surface area contributed by atoms with Gasteiger partial charge in [-0.3, -0.25) is 4.79 Å². The smallest absolute Gasteiger partial charge is 0.243 e. The van der Waals surface area contributed by atoms with Gasteiger partial charge in [0.2, 0.25) is 5.91 Å². The molecule has 0 radical (unpaired) electrons. The van der Waals surface area contributed by atoms with E-state index in [1.807, 2.05) is 61.5 Å². The van der Waals surface area contributed by atoms with Crippen LogP contribution in [0.5, 0.6) is 5.75 Å². The first-order chi connectivity index (χ1) is 13.7. The fourth-order valence-corrected chi connectivity index (χ4v) is 2.80. The summed E-state index contributed by atoms with van der Waals surface area (Å²) in [7, 11) is 0. The average molecular weight is 374 g/mol. The van der Waals surface area contributed by atoms with Crippen molar-refractivity contribution in [1.29, 1.82) is 0 Å². The summed E-state index contributed by atoms with van der Waals surface area (Å²) in [6.45, 7) is 2.91. The van der Waals surface area contributed by atoms with Gasteiger partial charge in [-0.1, -0.05) is 48.0 Å². The van der Waals surface area contributed by atoms with Gasteiger partial charge in [0.05, 0.1) is 13.2 Å². The van der Waals surface area contributed by atoms with Gasteiger partial charge >= 0.3 is 0 Å². The molecule has 0 aliphatic carbocycles. The fraction of sp³-hybridized carbons (Fsp3) is 0.208. The summed E-state index contributed by atoms with van der Waals surface area (Å²) in [6.07, 6.45) is 1.99. The molecular weight excluding hydrogens is 348 g/mol. The van der Waals surface area contributed by atoms with Crippen LogP contribution in [-0.2, 0) is 11.2 Å². The van der Waals surface area contributed by atoms with Crippen LogP contribution in [0.1, 0.15) is 17.5 Å². The summed E-state index contributed by atoms with van der Waals surface area (Å²) >= 11 is 0. The number of rotatable bonds is 9. The van der Waals surface area contributed by atoms with Gasteiger partial charge in [-0.05, 0) is 61.7 Å². The topological polar surface area (TPSA) is 50.4 Å². The van der Waals surface area contributed by atoms with E-state index in [0.29, 0.717) is 6.61 Å². The third-order valence-electron chi connectivity index (χ3n) is 4.36. The number of aryl methyl sites for hydroxylation is 2. The number of hydrogen-bond acceptors (Lipinski definition) is 3. The molecule has 2 N–H and O–H groups in total. The molecule has 0 saturated heterocycles. The summed E-state index contributed by atoms with van der Waals surface area (Å²) in [4.78, 5) is 12.0. The number of benzene rings is 3. The molecule has 3 rings (SSSR count). The van der Waals surface area contributed by atoms with Crippen molar-refractivity contribution in [3.05, 3.63) is 90.0 Å². The quantitative estimate of drug-likeness (QED) is 0.515. The lowest BCUT2D eigenvalue weighted by Gasteiger charge is -2.10. The van der Waals surface area contributed by atoms with Crippen LogP contribution >= 0.6 is 0 Å². The lowest BCUT2D eigenvalue weighted by atomic mass is 10.1. The second-order valence-electron chi connectivity index (χ2n) is 6.73. The van der Waals surface area contributed by atoms with Crippen LogP contribution in [0.25, 0.3) is 0 Å². The molecule has 0 unspecified atom stereocenters. The van der Waals surface area contributed by atoms with Gasteiger partial charge in [-0.2, -0.15) is 0 Å². The molecule has 0 heterocycles. The fourth-order valence-electron chi connectivity index (χ4n) is 2.80. The Morgan fingerprint density at radius 3 is 2.25 bits per heavy atom. The minimum atomic E-state index is -0.0786. The lowest BCUT2D eigenvalue weighted by Crippen LogP contribution is -2.21. The Bertz CT molecular complexity index is 859. The zero-order chi connectivity index (χ0) is 19.6. The maximum absolute atomic E-state index is 12.0. The predicted octanol–water partition coefficient (Wildman–Crippen LogP) is 5.06. The molecule has 0 aliphatic rings. The molecule has 4 nitrogen and oxygen atoms in total. The summed E-state index contributed by atoms with van der Waals surface area (Å²) in [5, 5.41) is 6.00. The Kier molecular flexibility index (Phi) is 7.08. The van der Waals surface area contributed by atoms with Crippen molar-refractivity contribution >= 4 is 17.3 Å². The van der Waals surface area contributed by atoms with Gasteiger partial charge in [-0.25, -0.2) is 0 Å². The summed E-state index contributed by atoms with van der Waals surface area (Å²) < 4.78 is 5.79. The highest BCUT2D eigenvalue weighted by Gasteiger charge is 2.03. The van der Waals surface area contributed by atoms with Crippen LogP contribution in [0.15, 0.2) is 78.9 Å². The third-order valence-corrected chi connectivity index (χ3v) is 4.36. The summed E-state index contributed by atoms with van der Waals surface area (Å²) in [5.74, 6) is 0.757. The van der Waals surface area contributed by atoms with E-state index in [9.17, 15) is 4.79 Å². The van der Waals surface area contributed by atoms with Gasteiger partial charge in [0.25, 0.3) is 0 Å². The van der Waals surface area contributed by atoms with Crippen LogP contribution in [0.3, 0.4) is 0 Å². The number of hydrogen-bond donors (Lipinski definition) is 2. The van der Waals surface area contributed by atoms with E-state index in [4.69, 9.17) is 4.74 Å². The molecule has 0 bridgehead atoms. The van der Waals surface area contributed by atoms with E-state index in [1.54, 1.807) is 0 Å². The van der Waals surface area contributed by atoms with Crippen molar-refractivity contribution in [2.45, 2.75) is 19.8 Å². The van der Waals surface area contributed by atoms with Gasteiger partial charge < -0.3 is 15.4 Å². The SMILES string of the molecule is Cc1ccc(NC(=O)CNc2ccc(OCCCc3ccccc3)cc2)cc1. The molecule has 0 aromatic heterocycles. The Hall–Kier alpha value is -3.27. The van der Waals surface area contributed by atoms with Gasteiger partial charge in [-0.15, -0.1) is 0 Å². The van der Waals surface area contributed by atoms with E-state index in [-0.39, 0.29) is 12.5 Å². The minimum Gasteiger partial charge on any atom is -0.494 e. The molecule has 144 valence electrons. The Morgan fingerprint density at radius 2 is 1.54 bits per heavy atom. The van der Waals surface area contributed by atoms with Crippen molar-refractivity contribution in [2.24, 2.45) is 0 Å². The number of ether oxygens (including phenoxy) is 1. The number of anilines is 2. The third kappa shape index (κ3) is 6.47. The zero-order valence-electron chi connectivity index (χ0n) is 16.2. The molecular formula is C24H26N2O2. The van der Waals surface area contributed by atoms with E-state index in [0.717, 1.165) is 30.0 Å². The molecule has 0 atom stereocenters. The first-order valence-electron chi connectivity index (χ1n) is 9.56. The number of amides is 1. The first-order valence-corrected chi connectivity index (χ1v) is 9.56. The van der Waals surface area contributed by atoms with Crippen LogP contribution in [-0.4, -0.2) is 19.1 Å². The lowest BCUT2D eigenvalue weighted by molar-refractivity contribution is -0.114. The van der Waals surface area contributed by atoms with Crippen molar-refractivity contribution in [3.63, 3.8) is 0 Å². The Balaban J connectivity index is 1.36. The van der Waals surface area contributed by atoms with Gasteiger partial charge in [0.1, 0.15) is 5.75 Å². The van der Waals surface area contributed by atoms with Crippen molar-refractivity contribution < 1.29 is 9.53 Å². The van der Waals surface area contributed by atoms with Crippen LogP contribution in [0.4, 0.5) is 11.4 Å². The predicted molar refractivity (Wildman–Crippen MR) is 115 cm³/mol. The van der Waals surface area contributed by atoms with Crippen molar-refractivity contribution in [1.82, 2.24) is 0 Å². The Morgan fingerprint density at radius 1 is 0.857 bits per heavy atom. The molecule has 0 aliphatic heterocycles. The van der Waals surface area contributed by atoms with E-state index in [2.05, 4.69) is 34.9 Å². The molecule has 3 aromatic carbocycles. The van der Waals surface area contributed by atoms with E-state index in [1.165, 1.54) is 11.1 Å². The normalized spacial score (nSPS) is 10.3. The second-order valence-corrected chi connectivity index (χ2v) is 6.73. The molecule has 3 aromatic rings. The first kappa shape index (κ1) is 19.5. The maximum Gasteiger partial charge on any atom is 0.243 e. The molecule has 0 fully saturated rings. The van der Waals surface area contributed by atoms with E-state index >= 15 is 0 Å². The zero-order valence-corrected chi connectivity index (χ0v) is 16.2. The molecule has 1 amide bonds. The highest BCUT2D eigenvalue weighted by atomic mass is 16.5.